The Bertz CT molecular complexity index is 3250. The lowest BCUT2D eigenvalue weighted by molar-refractivity contribution is -0.753. The summed E-state index contributed by atoms with van der Waals surface area (Å²) >= 11 is 0. The van der Waals surface area contributed by atoms with Gasteiger partial charge in [-0.2, -0.15) is 5.46 Å². The van der Waals surface area contributed by atoms with Crippen LogP contribution in [-0.4, -0.2) is 10.7 Å². The van der Waals surface area contributed by atoms with E-state index in [1.165, 1.54) is 33.8 Å². The fourth-order valence-corrected chi connectivity index (χ4v) is 13.6. The van der Waals surface area contributed by atoms with E-state index in [0.29, 0.717) is 21.0 Å². The van der Waals surface area contributed by atoms with E-state index in [2.05, 4.69) is 24.3 Å². The van der Waals surface area contributed by atoms with Gasteiger partial charge in [-0.05, 0) is 156 Å². The number of aryl methyl sites for hydroxylation is 6. The molecule has 0 fully saturated rings. The van der Waals surface area contributed by atoms with Gasteiger partial charge in [0.25, 0.3) is 0 Å². The van der Waals surface area contributed by atoms with Crippen LogP contribution in [0.15, 0.2) is 73.2 Å². The molecule has 0 aliphatic heterocycles. The second-order valence-electron chi connectivity index (χ2n) is 19.9. The maximum atomic E-state index is 17.4. The van der Waals surface area contributed by atoms with Crippen LogP contribution in [0, 0.1) is 121 Å². The van der Waals surface area contributed by atoms with Gasteiger partial charge in [0.2, 0.25) is 6.33 Å². The molecule has 0 amide bonds. The summed E-state index contributed by atoms with van der Waals surface area (Å²) in [6.45, 7) is 21.9. The quantitative estimate of drug-likeness (QED) is 0.0376. The number of benzene rings is 6. The molecule has 0 bridgehead atoms. The predicted octanol–water partition coefficient (Wildman–Crippen LogP) is 9.55. The number of fused-ring (bicyclic) bond motifs is 2. The molecule has 6 aromatic carbocycles. The first-order valence-corrected chi connectivity index (χ1v) is 23.1. The molecule has 1 aliphatic carbocycles. The number of nitrogens with zero attached hydrogens (tertiary/aromatic N) is 2. The highest BCUT2D eigenvalue weighted by atomic mass is 31.1. The highest BCUT2D eigenvalue weighted by molar-refractivity contribution is 7.80. The summed E-state index contributed by atoms with van der Waals surface area (Å²) in [6.07, 6.45) is -2.05. The molecule has 1 heterocycles. The Morgan fingerprint density at radius 1 is 0.493 bits per heavy atom. The molecule has 0 unspecified atom stereocenters. The average Bonchev–Trinajstić information content (AvgIpc) is 3.71. The number of imidazole rings is 1. The minimum atomic E-state index is -4.72. The highest BCUT2D eigenvalue weighted by Gasteiger charge is 2.51. The molecule has 1 aromatic heterocycles. The Labute approximate surface area is 383 Å². The van der Waals surface area contributed by atoms with Crippen LogP contribution in [0.4, 0.5) is 43.9 Å². The number of rotatable bonds is 7. The summed E-state index contributed by atoms with van der Waals surface area (Å²) in [5.41, 5.74) is -0.855. The summed E-state index contributed by atoms with van der Waals surface area (Å²) in [7, 11) is -1.60. The molecule has 0 spiro atoms. The van der Waals surface area contributed by atoms with Gasteiger partial charge in [-0.3, -0.25) is 4.57 Å². The molecule has 348 valence electrons. The fourth-order valence-electron chi connectivity index (χ4n) is 10.6. The normalized spacial score (nSPS) is 12.8. The van der Waals surface area contributed by atoms with E-state index < -0.39 is 105 Å². The first-order chi connectivity index (χ1) is 31.2. The Balaban J connectivity index is 1.75. The summed E-state index contributed by atoms with van der Waals surface area (Å²) < 4.78 is 167. The van der Waals surface area contributed by atoms with Crippen LogP contribution >= 0.6 is 7.92 Å². The maximum Gasteiger partial charge on any atom is 0.241 e. The van der Waals surface area contributed by atoms with Gasteiger partial charge in [-0.15, -0.1) is 10.9 Å². The minimum absolute atomic E-state index is 0.0855. The van der Waals surface area contributed by atoms with Gasteiger partial charge in [-0.1, -0.05) is 71.8 Å². The maximum absolute atomic E-state index is 17.4. The third kappa shape index (κ3) is 7.07. The van der Waals surface area contributed by atoms with E-state index in [1.54, 1.807) is 53.7 Å². The third-order valence-electron chi connectivity index (χ3n) is 13.2. The Morgan fingerprint density at radius 2 is 0.866 bits per heavy atom. The molecule has 1 aliphatic rings. The first kappa shape index (κ1) is 47.8. The van der Waals surface area contributed by atoms with Gasteiger partial charge in [0.1, 0.15) is 28.8 Å². The van der Waals surface area contributed by atoms with Crippen LogP contribution in [0.5, 0.6) is 0 Å². The average molecular weight is 945 g/mol. The molecule has 0 saturated carbocycles. The monoisotopic (exact) mass is 944 g/mol. The molecule has 67 heavy (non-hydrogen) atoms. The van der Waals surface area contributed by atoms with E-state index in [-0.39, 0.29) is 5.22 Å². The topological polar surface area (TPSA) is 8.81 Å². The highest BCUT2D eigenvalue weighted by Crippen LogP contribution is 2.40. The van der Waals surface area contributed by atoms with Crippen molar-refractivity contribution in [2.24, 2.45) is 0 Å². The van der Waals surface area contributed by atoms with Crippen molar-refractivity contribution in [3.05, 3.63) is 186 Å². The molecule has 0 N–H and O–H groups in total. The smallest absolute Gasteiger partial charge is 0.241 e. The van der Waals surface area contributed by atoms with E-state index >= 15 is 43.9 Å². The molecule has 0 saturated heterocycles. The van der Waals surface area contributed by atoms with E-state index in [1.807, 2.05) is 53.7 Å². The van der Waals surface area contributed by atoms with Gasteiger partial charge < -0.3 is 0 Å². The lowest BCUT2D eigenvalue weighted by Crippen LogP contribution is -2.80. The fraction of sp³-hybridized carbons (Fsp3) is 0.264. The standard InChI is InChI=1S/C53H48BF10N2P/c1-25-19-27(3)50(28(4)20-25)67(51-29(5)21-26(2)22-30(51)6)34-18-14-16-32-31-15-13-17-33(36(31)37(32)34)54(38-40(55)44(59)48(63)45(60)41(38)56,39-42(57)46(61)49(64)47(62)43(39)58)35-23-65(52(7,8)9)24-66(35)53(10,11)12/h13-24H,1-12H3. The van der Waals surface area contributed by atoms with Crippen LogP contribution in [0.1, 0.15) is 74.9 Å². The molecular weight excluding hydrogens is 896 g/mol. The Morgan fingerprint density at radius 3 is 1.25 bits per heavy atom. The largest absolute Gasteiger partial charge is 0.267 e. The van der Waals surface area contributed by atoms with E-state index in [0.717, 1.165) is 44.0 Å². The zero-order chi connectivity index (χ0) is 49.3. The Kier molecular flexibility index (Phi) is 11.6. The van der Waals surface area contributed by atoms with Crippen molar-refractivity contribution in [1.82, 2.24) is 4.57 Å². The summed E-state index contributed by atoms with van der Waals surface area (Å²) in [6, 6.07) is 17.9. The third-order valence-corrected chi connectivity index (χ3v) is 16.3. The Hall–Kier alpha value is -5.68. The van der Waals surface area contributed by atoms with Gasteiger partial charge in [0.05, 0.1) is 11.7 Å². The van der Waals surface area contributed by atoms with Crippen molar-refractivity contribution < 1.29 is 48.5 Å². The van der Waals surface area contributed by atoms with Gasteiger partial charge in [0.15, 0.2) is 41.0 Å². The molecule has 0 atom stereocenters. The van der Waals surface area contributed by atoms with Crippen LogP contribution in [0.25, 0.3) is 0 Å². The zero-order valence-electron chi connectivity index (χ0n) is 39.1. The van der Waals surface area contributed by atoms with Gasteiger partial charge in [0, 0.05) is 0 Å². The second-order valence-corrected chi connectivity index (χ2v) is 22.0. The number of aromatic nitrogens is 2. The molecule has 14 heteroatoms. The number of halogens is 10. The van der Waals surface area contributed by atoms with E-state index in [4.69, 9.17) is 0 Å². The summed E-state index contributed by atoms with van der Waals surface area (Å²) in [5.74, 6) is -25.1. The van der Waals surface area contributed by atoms with Crippen molar-refractivity contribution in [3.63, 3.8) is 0 Å². The van der Waals surface area contributed by atoms with Gasteiger partial charge >= 0.3 is 0 Å². The minimum Gasteiger partial charge on any atom is -0.267 e. The van der Waals surface area contributed by atoms with Crippen molar-refractivity contribution >= 4 is 52.0 Å². The van der Waals surface area contributed by atoms with Crippen LogP contribution in [0.3, 0.4) is 0 Å². The molecular formula is C53H48BF10N2P. The number of hydrogen-bond donors (Lipinski definition) is 0. The zero-order valence-corrected chi connectivity index (χ0v) is 40.0. The van der Waals surface area contributed by atoms with Crippen molar-refractivity contribution in [2.75, 3.05) is 0 Å². The lowest BCUT2D eigenvalue weighted by atomic mass is 9.13. The molecule has 8 rings (SSSR count). The lowest BCUT2D eigenvalue weighted by Gasteiger charge is -2.44. The van der Waals surface area contributed by atoms with Crippen molar-refractivity contribution in [2.45, 2.75) is 94.2 Å². The second kappa shape index (κ2) is 16.2. The van der Waals surface area contributed by atoms with Crippen molar-refractivity contribution in [3.8, 4) is 0 Å². The van der Waals surface area contributed by atoms with Crippen LogP contribution in [0.2, 0.25) is 0 Å². The van der Waals surface area contributed by atoms with Gasteiger partial charge in [-0.25, -0.2) is 48.5 Å². The molecule has 0 radical (unpaired) electrons. The van der Waals surface area contributed by atoms with E-state index in [9.17, 15) is 0 Å². The van der Waals surface area contributed by atoms with Crippen molar-refractivity contribution in [1.29, 1.82) is 0 Å². The van der Waals surface area contributed by atoms with Crippen LogP contribution < -0.4 is 42.5 Å². The summed E-state index contributed by atoms with van der Waals surface area (Å²) in [5, 5.41) is 4.07. The number of hydrogen-bond acceptors (Lipinski definition) is 0. The SMILES string of the molecule is Cc1cc(C)c(P(c2c(C)cc(C)cc2C)c2cccc3c2=c2c([B-](c4c(F)c(F)c(F)c(F)c4F)(c4c(F)c(F)c(F)c(F)c4F)c4c[n+](C(C)(C)C)cn4C(C)(C)C)cccc2=3)c(C)c1. The first-order valence-electron chi connectivity index (χ1n) is 21.7. The molecule has 2 nitrogen and oxygen atoms in total. The van der Waals surface area contributed by atoms with Crippen LogP contribution in [-0.2, 0) is 11.1 Å². The predicted molar refractivity (Wildman–Crippen MR) is 247 cm³/mol. The summed E-state index contributed by atoms with van der Waals surface area (Å²) in [4.78, 5) is 0. The molecule has 7 aromatic rings.